The molecule has 0 aromatic carbocycles. The zero-order valence-corrected chi connectivity index (χ0v) is 7.80. The molecule has 0 atom stereocenters. The normalized spacial score (nSPS) is 14.9. The monoisotopic (exact) mass is 210 g/mol. The van der Waals surface area contributed by atoms with Gasteiger partial charge in [-0.3, -0.25) is 14.9 Å². The van der Waals surface area contributed by atoms with Crippen molar-refractivity contribution in [3.8, 4) is 0 Å². The Labute approximate surface area is 83.0 Å². The van der Waals surface area contributed by atoms with E-state index in [0.717, 1.165) is 0 Å². The molecular formula is C7H6N4O2S. The molecule has 0 saturated heterocycles. The topological polar surface area (TPSA) is 83.5 Å². The Morgan fingerprint density at radius 2 is 2.50 bits per heavy atom. The lowest BCUT2D eigenvalue weighted by Gasteiger charge is -1.97. The van der Waals surface area contributed by atoms with Crippen molar-refractivity contribution in [2.45, 2.75) is 6.42 Å². The lowest BCUT2D eigenvalue weighted by Crippen LogP contribution is -2.21. The summed E-state index contributed by atoms with van der Waals surface area (Å²) in [7, 11) is 0. The smallest absolute Gasteiger partial charge is 0.274 e. The Bertz CT molecular complexity index is 398. The summed E-state index contributed by atoms with van der Waals surface area (Å²) < 4.78 is 0. The Kier molecular flexibility index (Phi) is 2.23. The molecule has 6 nitrogen and oxygen atoms in total. The van der Waals surface area contributed by atoms with Gasteiger partial charge in [-0.25, -0.2) is 10.4 Å². The minimum absolute atomic E-state index is 0.0250. The van der Waals surface area contributed by atoms with Crippen LogP contribution in [0.15, 0.2) is 16.7 Å². The molecule has 0 spiro atoms. The number of aromatic nitrogens is 1. The van der Waals surface area contributed by atoms with Crippen molar-refractivity contribution in [2.75, 3.05) is 5.32 Å². The number of hydrogen-bond donors (Lipinski definition) is 2. The summed E-state index contributed by atoms with van der Waals surface area (Å²) in [6, 6.07) is 0. The average molecular weight is 210 g/mol. The molecular weight excluding hydrogens is 204 g/mol. The van der Waals surface area contributed by atoms with Gasteiger partial charge in [-0.15, -0.1) is 11.3 Å². The van der Waals surface area contributed by atoms with E-state index in [9.17, 15) is 9.59 Å². The summed E-state index contributed by atoms with van der Waals surface area (Å²) in [4.78, 5) is 26.0. The fourth-order valence-corrected chi connectivity index (χ4v) is 1.47. The number of anilines is 1. The number of amides is 2. The molecule has 2 amide bonds. The SMILES string of the molecule is O=C1CC(C(=O)Nc2nccs2)=NN1. The maximum Gasteiger partial charge on any atom is 0.274 e. The van der Waals surface area contributed by atoms with Crippen molar-refractivity contribution in [2.24, 2.45) is 5.10 Å². The molecule has 1 aliphatic rings. The van der Waals surface area contributed by atoms with Gasteiger partial charge in [0, 0.05) is 11.6 Å². The summed E-state index contributed by atoms with van der Waals surface area (Å²) in [5, 5.41) is 8.35. The Hall–Kier alpha value is -1.76. The molecule has 0 saturated carbocycles. The van der Waals surface area contributed by atoms with Crippen LogP contribution in [0.3, 0.4) is 0 Å². The fourth-order valence-electron chi connectivity index (χ4n) is 0.946. The quantitative estimate of drug-likeness (QED) is 0.718. The highest BCUT2D eigenvalue weighted by molar-refractivity contribution is 7.13. The molecule has 72 valence electrons. The summed E-state index contributed by atoms with van der Waals surface area (Å²) in [6.07, 6.45) is 1.61. The van der Waals surface area contributed by atoms with Gasteiger partial charge in [0.15, 0.2) is 5.13 Å². The first-order chi connectivity index (χ1) is 6.75. The zero-order chi connectivity index (χ0) is 9.97. The van der Waals surface area contributed by atoms with Crippen LogP contribution in [0, 0.1) is 0 Å². The predicted molar refractivity (Wildman–Crippen MR) is 50.9 cm³/mol. The van der Waals surface area contributed by atoms with Crippen molar-refractivity contribution in [1.29, 1.82) is 0 Å². The number of hydrogen-bond acceptors (Lipinski definition) is 5. The molecule has 7 heteroatoms. The number of carbonyl (C=O) groups excluding carboxylic acids is 2. The van der Waals surface area contributed by atoms with Gasteiger partial charge in [0.1, 0.15) is 5.71 Å². The Morgan fingerprint density at radius 1 is 1.64 bits per heavy atom. The first-order valence-corrected chi connectivity index (χ1v) is 4.70. The first kappa shape index (κ1) is 8.82. The molecule has 1 aliphatic heterocycles. The molecule has 1 aromatic heterocycles. The predicted octanol–water partition coefficient (Wildman–Crippen LogP) is -0.0425. The van der Waals surface area contributed by atoms with E-state index in [1.807, 2.05) is 0 Å². The number of nitrogens with zero attached hydrogens (tertiary/aromatic N) is 2. The van der Waals surface area contributed by atoms with E-state index in [2.05, 4.69) is 20.8 Å². The number of thiazole rings is 1. The molecule has 0 fully saturated rings. The molecule has 1 aromatic rings. The molecule has 0 bridgehead atoms. The van der Waals surface area contributed by atoms with Crippen LogP contribution in [-0.2, 0) is 9.59 Å². The molecule has 2 rings (SSSR count). The van der Waals surface area contributed by atoms with Crippen LogP contribution >= 0.6 is 11.3 Å². The highest BCUT2D eigenvalue weighted by Crippen LogP contribution is 2.10. The second-order valence-corrected chi connectivity index (χ2v) is 3.46. The summed E-state index contributed by atoms with van der Waals surface area (Å²) in [6.45, 7) is 0. The maximum absolute atomic E-state index is 11.4. The third kappa shape index (κ3) is 1.77. The third-order valence-corrected chi connectivity index (χ3v) is 2.25. The molecule has 0 unspecified atom stereocenters. The van der Waals surface area contributed by atoms with Gasteiger partial charge in [0.25, 0.3) is 5.91 Å². The Balaban J connectivity index is 2.00. The first-order valence-electron chi connectivity index (χ1n) is 3.82. The molecule has 2 heterocycles. The van der Waals surface area contributed by atoms with Crippen LogP contribution in [0.25, 0.3) is 0 Å². The van der Waals surface area contributed by atoms with Gasteiger partial charge in [-0.05, 0) is 0 Å². The lowest BCUT2D eigenvalue weighted by atomic mass is 10.2. The van der Waals surface area contributed by atoms with Crippen LogP contribution < -0.4 is 10.7 Å². The highest BCUT2D eigenvalue weighted by Gasteiger charge is 2.21. The summed E-state index contributed by atoms with van der Waals surface area (Å²) in [5.41, 5.74) is 2.39. The van der Waals surface area contributed by atoms with Crippen molar-refractivity contribution >= 4 is 34.0 Å². The van der Waals surface area contributed by atoms with E-state index in [0.29, 0.717) is 5.13 Å². The van der Waals surface area contributed by atoms with E-state index < -0.39 is 5.91 Å². The maximum atomic E-state index is 11.4. The van der Waals surface area contributed by atoms with Crippen molar-refractivity contribution in [3.63, 3.8) is 0 Å². The van der Waals surface area contributed by atoms with Gasteiger partial charge in [-0.1, -0.05) is 0 Å². The van der Waals surface area contributed by atoms with Crippen LogP contribution in [0.1, 0.15) is 6.42 Å². The number of nitrogens with one attached hydrogen (secondary N) is 2. The Morgan fingerprint density at radius 3 is 3.07 bits per heavy atom. The van der Waals surface area contributed by atoms with Gasteiger partial charge >= 0.3 is 0 Å². The van der Waals surface area contributed by atoms with Crippen LogP contribution in [0.5, 0.6) is 0 Å². The fraction of sp³-hybridized carbons (Fsp3) is 0.143. The van der Waals surface area contributed by atoms with E-state index in [4.69, 9.17) is 0 Å². The van der Waals surface area contributed by atoms with Gasteiger partial charge in [-0.2, -0.15) is 5.10 Å². The largest absolute Gasteiger partial charge is 0.297 e. The average Bonchev–Trinajstić information content (AvgIpc) is 2.75. The summed E-state index contributed by atoms with van der Waals surface area (Å²) >= 11 is 1.31. The van der Waals surface area contributed by atoms with E-state index in [1.165, 1.54) is 11.3 Å². The molecule has 2 N–H and O–H groups in total. The van der Waals surface area contributed by atoms with Crippen LogP contribution in [-0.4, -0.2) is 22.5 Å². The number of carbonyl (C=O) groups is 2. The van der Waals surface area contributed by atoms with Gasteiger partial charge in [0.2, 0.25) is 5.91 Å². The van der Waals surface area contributed by atoms with Crippen LogP contribution in [0.2, 0.25) is 0 Å². The van der Waals surface area contributed by atoms with Crippen LogP contribution in [0.4, 0.5) is 5.13 Å². The molecule has 0 radical (unpaired) electrons. The second-order valence-electron chi connectivity index (χ2n) is 2.56. The third-order valence-electron chi connectivity index (χ3n) is 1.56. The standard InChI is InChI=1S/C7H6N4O2S/c12-5-3-4(10-11-5)6(13)9-7-8-1-2-14-7/h1-2H,3H2,(H,11,12)(H,8,9,13). The van der Waals surface area contributed by atoms with Gasteiger partial charge in [0.05, 0.1) is 6.42 Å². The molecule has 14 heavy (non-hydrogen) atoms. The lowest BCUT2D eigenvalue weighted by molar-refractivity contribution is -0.119. The second kappa shape index (κ2) is 3.54. The number of hydrazone groups is 1. The summed E-state index contributed by atoms with van der Waals surface area (Å²) in [5.74, 6) is -0.660. The zero-order valence-electron chi connectivity index (χ0n) is 6.98. The highest BCUT2D eigenvalue weighted by atomic mass is 32.1. The van der Waals surface area contributed by atoms with Crippen molar-refractivity contribution in [1.82, 2.24) is 10.4 Å². The van der Waals surface area contributed by atoms with Crippen molar-refractivity contribution in [3.05, 3.63) is 11.6 Å². The van der Waals surface area contributed by atoms with E-state index >= 15 is 0 Å². The van der Waals surface area contributed by atoms with E-state index in [-0.39, 0.29) is 18.0 Å². The number of rotatable bonds is 2. The van der Waals surface area contributed by atoms with Gasteiger partial charge < -0.3 is 0 Å². The minimum atomic E-state index is -0.390. The van der Waals surface area contributed by atoms with Crippen molar-refractivity contribution < 1.29 is 9.59 Å². The minimum Gasteiger partial charge on any atom is -0.297 e. The van der Waals surface area contributed by atoms with E-state index in [1.54, 1.807) is 11.6 Å². The molecule has 0 aliphatic carbocycles.